The van der Waals surface area contributed by atoms with E-state index in [2.05, 4.69) is 18.8 Å². The summed E-state index contributed by atoms with van der Waals surface area (Å²) in [5, 5.41) is 0.680. The molecule has 0 aliphatic heterocycles. The van der Waals surface area contributed by atoms with Crippen LogP contribution in [0.2, 0.25) is 5.02 Å². The van der Waals surface area contributed by atoms with Crippen LogP contribution in [0.5, 0.6) is 0 Å². The number of nitrogen functional groups attached to an aromatic ring is 1. The summed E-state index contributed by atoms with van der Waals surface area (Å²) in [7, 11) is 0. The number of hydrogen-bond donors (Lipinski definition) is 1. The molecule has 0 bridgehead atoms. The van der Waals surface area contributed by atoms with Gasteiger partial charge in [0, 0.05) is 6.42 Å². The van der Waals surface area contributed by atoms with Gasteiger partial charge in [0.25, 0.3) is 0 Å². The number of fused-ring (bicyclic) bond motifs is 1. The van der Waals surface area contributed by atoms with Crippen molar-refractivity contribution in [3.63, 3.8) is 0 Å². The van der Waals surface area contributed by atoms with Gasteiger partial charge < -0.3 is 10.2 Å². The van der Waals surface area contributed by atoms with Crippen molar-refractivity contribution < 1.29 is 4.42 Å². The second kappa shape index (κ2) is 4.22. The van der Waals surface area contributed by atoms with E-state index < -0.39 is 0 Å². The van der Waals surface area contributed by atoms with Crippen LogP contribution in [0.4, 0.5) is 5.69 Å². The van der Waals surface area contributed by atoms with Crippen LogP contribution in [-0.2, 0) is 6.42 Å². The predicted molar refractivity (Wildman–Crippen MR) is 71.4 cm³/mol. The first-order valence-electron chi connectivity index (χ1n) is 5.75. The summed E-state index contributed by atoms with van der Waals surface area (Å²) < 4.78 is 5.73. The Kier molecular flexibility index (Phi) is 3.04. The van der Waals surface area contributed by atoms with Crippen molar-refractivity contribution in [2.75, 3.05) is 5.73 Å². The van der Waals surface area contributed by atoms with E-state index >= 15 is 0 Å². The molecule has 2 N–H and O–H groups in total. The maximum Gasteiger partial charge on any atom is 0.195 e. The van der Waals surface area contributed by atoms with E-state index in [1.807, 2.05) is 13.8 Å². The maximum absolute atomic E-state index is 6.22. The van der Waals surface area contributed by atoms with Crippen molar-refractivity contribution in [2.24, 2.45) is 5.92 Å². The van der Waals surface area contributed by atoms with E-state index in [4.69, 9.17) is 21.8 Å². The topological polar surface area (TPSA) is 52.0 Å². The van der Waals surface area contributed by atoms with E-state index in [1.54, 1.807) is 0 Å². The Balaban J connectivity index is 2.68. The molecule has 1 heterocycles. The smallest absolute Gasteiger partial charge is 0.195 e. The molecule has 0 radical (unpaired) electrons. The molecular formula is C13H17ClN2O. The van der Waals surface area contributed by atoms with Gasteiger partial charge in [-0.05, 0) is 30.9 Å². The Labute approximate surface area is 106 Å². The summed E-state index contributed by atoms with van der Waals surface area (Å²) >= 11 is 6.22. The fraction of sp³-hybridized carbons (Fsp3) is 0.462. The second-order valence-corrected chi connectivity index (χ2v) is 5.24. The molecule has 0 saturated heterocycles. The van der Waals surface area contributed by atoms with Gasteiger partial charge in [-0.1, -0.05) is 25.4 Å². The number of anilines is 1. The van der Waals surface area contributed by atoms with Crippen molar-refractivity contribution >= 4 is 28.4 Å². The molecule has 92 valence electrons. The minimum atomic E-state index is 0.501. The molecule has 17 heavy (non-hydrogen) atoms. The van der Waals surface area contributed by atoms with Crippen LogP contribution in [0.25, 0.3) is 11.1 Å². The highest BCUT2D eigenvalue weighted by Crippen LogP contribution is 2.35. The number of nitrogens with two attached hydrogens (primary N) is 1. The van der Waals surface area contributed by atoms with Gasteiger partial charge in [0.05, 0.1) is 10.7 Å². The number of nitrogens with zero attached hydrogens (tertiary/aromatic N) is 1. The van der Waals surface area contributed by atoms with Crippen LogP contribution in [0.1, 0.15) is 30.9 Å². The van der Waals surface area contributed by atoms with Crippen LogP contribution in [0.3, 0.4) is 0 Å². The molecule has 2 aromatic rings. The lowest BCUT2D eigenvalue weighted by molar-refractivity contribution is 0.483. The summed E-state index contributed by atoms with van der Waals surface area (Å²) in [6, 6.07) is 0. The largest absolute Gasteiger partial charge is 0.438 e. The van der Waals surface area contributed by atoms with Crippen molar-refractivity contribution in [2.45, 2.75) is 34.1 Å². The van der Waals surface area contributed by atoms with Crippen LogP contribution < -0.4 is 5.73 Å². The molecule has 1 aromatic heterocycles. The fourth-order valence-corrected chi connectivity index (χ4v) is 2.10. The van der Waals surface area contributed by atoms with Gasteiger partial charge in [-0.25, -0.2) is 4.98 Å². The number of aromatic nitrogens is 1. The highest BCUT2D eigenvalue weighted by Gasteiger charge is 2.17. The number of halogens is 1. The summed E-state index contributed by atoms with van der Waals surface area (Å²) in [4.78, 5) is 4.48. The first-order valence-corrected chi connectivity index (χ1v) is 6.13. The van der Waals surface area contributed by atoms with Crippen molar-refractivity contribution in [1.82, 2.24) is 4.98 Å². The minimum absolute atomic E-state index is 0.501. The molecule has 0 aliphatic rings. The van der Waals surface area contributed by atoms with Gasteiger partial charge in [0.2, 0.25) is 0 Å². The van der Waals surface area contributed by atoms with Gasteiger partial charge in [-0.15, -0.1) is 0 Å². The van der Waals surface area contributed by atoms with Gasteiger partial charge in [-0.3, -0.25) is 0 Å². The van der Waals surface area contributed by atoms with E-state index in [1.165, 1.54) is 0 Å². The van der Waals surface area contributed by atoms with Gasteiger partial charge >= 0.3 is 0 Å². The fourth-order valence-electron chi connectivity index (χ4n) is 1.91. The monoisotopic (exact) mass is 252 g/mol. The minimum Gasteiger partial charge on any atom is -0.438 e. The average Bonchev–Trinajstić information content (AvgIpc) is 2.66. The van der Waals surface area contributed by atoms with Gasteiger partial charge in [-0.2, -0.15) is 0 Å². The second-order valence-electron chi connectivity index (χ2n) is 4.86. The third-order valence-corrected chi connectivity index (χ3v) is 3.48. The molecule has 0 aliphatic carbocycles. The summed E-state index contributed by atoms with van der Waals surface area (Å²) in [6.07, 6.45) is 0.810. The molecule has 0 unspecified atom stereocenters. The molecule has 0 saturated carbocycles. The van der Waals surface area contributed by atoms with Gasteiger partial charge in [0.1, 0.15) is 5.52 Å². The molecular weight excluding hydrogens is 236 g/mol. The Bertz CT molecular complexity index is 528. The molecule has 1 aromatic carbocycles. The average molecular weight is 253 g/mol. The number of aryl methyl sites for hydroxylation is 1. The lowest BCUT2D eigenvalue weighted by atomic mass is 10.1. The Morgan fingerprint density at radius 3 is 2.53 bits per heavy atom. The number of benzene rings is 1. The highest BCUT2D eigenvalue weighted by atomic mass is 35.5. The third kappa shape index (κ3) is 2.00. The SMILES string of the molecule is Cc1c(Cl)c(C)c2nc(CC(C)C)oc2c1N. The van der Waals surface area contributed by atoms with Crippen LogP contribution in [-0.4, -0.2) is 4.98 Å². The molecule has 4 heteroatoms. The lowest BCUT2D eigenvalue weighted by Gasteiger charge is -2.05. The Morgan fingerprint density at radius 1 is 1.29 bits per heavy atom. The number of oxazole rings is 1. The van der Waals surface area contributed by atoms with Crippen molar-refractivity contribution in [3.05, 3.63) is 22.0 Å². The molecule has 2 rings (SSSR count). The molecule has 3 nitrogen and oxygen atoms in total. The van der Waals surface area contributed by atoms with Crippen molar-refractivity contribution in [1.29, 1.82) is 0 Å². The third-order valence-electron chi connectivity index (χ3n) is 2.92. The Morgan fingerprint density at radius 2 is 1.94 bits per heavy atom. The zero-order valence-electron chi connectivity index (χ0n) is 10.6. The lowest BCUT2D eigenvalue weighted by Crippen LogP contribution is -1.94. The van der Waals surface area contributed by atoms with Gasteiger partial charge in [0.15, 0.2) is 11.5 Å². The van der Waals surface area contributed by atoms with Crippen LogP contribution in [0, 0.1) is 19.8 Å². The number of rotatable bonds is 2. The molecule has 0 atom stereocenters. The summed E-state index contributed by atoms with van der Waals surface area (Å²) in [5.41, 5.74) is 9.86. The van der Waals surface area contributed by atoms with E-state index in [-0.39, 0.29) is 0 Å². The maximum atomic E-state index is 6.22. The molecule has 0 amide bonds. The summed E-state index contributed by atoms with van der Waals surface area (Å²) in [5.74, 6) is 1.23. The van der Waals surface area contributed by atoms with Crippen LogP contribution >= 0.6 is 11.6 Å². The standard InChI is InChI=1S/C13H17ClN2O/c1-6(2)5-9-16-12-8(4)10(14)7(3)11(15)13(12)17-9/h6H,5,15H2,1-4H3. The first-order chi connectivity index (χ1) is 7.91. The summed E-state index contributed by atoms with van der Waals surface area (Å²) in [6.45, 7) is 8.10. The zero-order chi connectivity index (χ0) is 12.7. The van der Waals surface area contributed by atoms with E-state index in [0.29, 0.717) is 22.2 Å². The predicted octanol–water partition coefficient (Wildman–Crippen LogP) is 3.88. The van der Waals surface area contributed by atoms with Crippen molar-refractivity contribution in [3.8, 4) is 0 Å². The number of hydrogen-bond acceptors (Lipinski definition) is 3. The normalized spacial score (nSPS) is 11.6. The molecule has 0 fully saturated rings. The highest BCUT2D eigenvalue weighted by molar-refractivity contribution is 6.33. The van der Waals surface area contributed by atoms with E-state index in [0.717, 1.165) is 29.0 Å². The Hall–Kier alpha value is -1.22. The van der Waals surface area contributed by atoms with E-state index in [9.17, 15) is 0 Å². The van der Waals surface area contributed by atoms with Crippen LogP contribution in [0.15, 0.2) is 4.42 Å². The first kappa shape index (κ1) is 12.2. The zero-order valence-corrected chi connectivity index (χ0v) is 11.4. The quantitative estimate of drug-likeness (QED) is 0.826. The molecule has 0 spiro atoms.